The van der Waals surface area contributed by atoms with Crippen LogP contribution in [0.3, 0.4) is 0 Å². The molecule has 2 heterocycles. The van der Waals surface area contributed by atoms with E-state index in [1.807, 2.05) is 0 Å². The summed E-state index contributed by atoms with van der Waals surface area (Å²) < 4.78 is 4.92. The van der Waals surface area contributed by atoms with E-state index in [0.717, 1.165) is 0 Å². The number of hydrogen-bond acceptors (Lipinski definition) is 6. The molecule has 0 aliphatic heterocycles. The van der Waals surface area contributed by atoms with Crippen molar-refractivity contribution in [2.24, 2.45) is 0 Å². The Bertz CT molecular complexity index is 519. The molecule has 1 atom stereocenters. The summed E-state index contributed by atoms with van der Waals surface area (Å²) in [6.07, 6.45) is -0.999. The van der Waals surface area contributed by atoms with Gasteiger partial charge in [-0.05, 0) is 13.0 Å². The molecular weight excluding hydrogens is 232 g/mol. The van der Waals surface area contributed by atoms with Gasteiger partial charge in [-0.3, -0.25) is 10.1 Å². The minimum absolute atomic E-state index is 0.152. The van der Waals surface area contributed by atoms with Crippen LogP contribution in [0.2, 0.25) is 0 Å². The Balaban J connectivity index is 2.31. The molecule has 0 radical (unpaired) electrons. The number of nitro groups is 1. The molecule has 1 N–H and O–H groups in total. The Morgan fingerprint density at radius 2 is 2.38 bits per heavy atom. The summed E-state index contributed by atoms with van der Waals surface area (Å²) >= 11 is 1.28. The first-order chi connectivity index (χ1) is 7.59. The molecule has 2 rings (SSSR count). The first kappa shape index (κ1) is 10.8. The highest BCUT2D eigenvalue weighted by Crippen LogP contribution is 2.30. The van der Waals surface area contributed by atoms with Gasteiger partial charge in [0.1, 0.15) is 16.8 Å². The van der Waals surface area contributed by atoms with E-state index < -0.39 is 11.0 Å². The zero-order valence-electron chi connectivity index (χ0n) is 8.28. The van der Waals surface area contributed by atoms with Gasteiger partial charge in [0, 0.05) is 0 Å². The number of aliphatic hydroxyl groups is 1. The SMILES string of the molecule is Cc1ncsc1C(O)c1ccc([N+](=O)[O-])o1. The number of aromatic nitrogens is 1. The summed E-state index contributed by atoms with van der Waals surface area (Å²) in [5.41, 5.74) is 2.29. The molecule has 0 saturated carbocycles. The second-order valence-electron chi connectivity index (χ2n) is 3.14. The summed E-state index contributed by atoms with van der Waals surface area (Å²) in [5.74, 6) is -0.227. The van der Waals surface area contributed by atoms with Crippen molar-refractivity contribution in [2.45, 2.75) is 13.0 Å². The van der Waals surface area contributed by atoms with E-state index in [9.17, 15) is 15.2 Å². The topological polar surface area (TPSA) is 89.4 Å². The summed E-state index contributed by atoms with van der Waals surface area (Å²) in [6.45, 7) is 1.76. The molecule has 2 aromatic heterocycles. The highest BCUT2D eigenvalue weighted by molar-refractivity contribution is 7.09. The Hall–Kier alpha value is -1.73. The molecule has 2 aromatic rings. The van der Waals surface area contributed by atoms with Crippen molar-refractivity contribution in [2.75, 3.05) is 0 Å². The minimum atomic E-state index is -0.999. The number of hydrogen-bond donors (Lipinski definition) is 1. The van der Waals surface area contributed by atoms with Gasteiger partial charge in [0.15, 0.2) is 0 Å². The predicted molar refractivity (Wildman–Crippen MR) is 56.3 cm³/mol. The van der Waals surface area contributed by atoms with Crippen LogP contribution in [0.1, 0.15) is 22.4 Å². The standard InChI is InChI=1S/C9H8N2O4S/c1-5-9(16-4-10-5)8(12)6-2-3-7(15-6)11(13)14/h2-4,8,12H,1H3. The molecule has 0 aliphatic rings. The summed E-state index contributed by atoms with van der Waals surface area (Å²) in [5, 5.41) is 20.3. The third-order valence-electron chi connectivity index (χ3n) is 2.09. The molecule has 6 nitrogen and oxygen atoms in total. The van der Waals surface area contributed by atoms with Gasteiger partial charge in [0.25, 0.3) is 0 Å². The van der Waals surface area contributed by atoms with E-state index in [1.165, 1.54) is 23.5 Å². The number of nitrogens with zero attached hydrogens (tertiary/aromatic N) is 2. The van der Waals surface area contributed by atoms with Gasteiger partial charge < -0.3 is 9.52 Å². The maximum atomic E-state index is 10.4. The smallest absolute Gasteiger partial charge is 0.403 e. The average Bonchev–Trinajstić information content (AvgIpc) is 2.84. The lowest BCUT2D eigenvalue weighted by Gasteiger charge is -2.04. The lowest BCUT2D eigenvalue weighted by Crippen LogP contribution is -1.97. The molecule has 0 fully saturated rings. The fraction of sp³-hybridized carbons (Fsp3) is 0.222. The Kier molecular flexibility index (Phi) is 2.71. The minimum Gasteiger partial charge on any atom is -0.403 e. The fourth-order valence-corrected chi connectivity index (χ4v) is 2.08. The normalized spacial score (nSPS) is 12.6. The highest BCUT2D eigenvalue weighted by atomic mass is 32.1. The molecular formula is C9H8N2O4S. The van der Waals surface area contributed by atoms with Gasteiger partial charge in [0.05, 0.1) is 22.1 Å². The van der Waals surface area contributed by atoms with Crippen LogP contribution in [-0.2, 0) is 0 Å². The van der Waals surface area contributed by atoms with Crippen LogP contribution in [0, 0.1) is 17.0 Å². The van der Waals surface area contributed by atoms with E-state index in [2.05, 4.69) is 4.98 Å². The molecule has 0 amide bonds. The molecule has 0 bridgehead atoms. The average molecular weight is 240 g/mol. The fourth-order valence-electron chi connectivity index (χ4n) is 1.29. The van der Waals surface area contributed by atoms with Crippen LogP contribution < -0.4 is 0 Å². The number of furan rings is 1. The second-order valence-corrected chi connectivity index (χ2v) is 4.02. The number of aryl methyl sites for hydroxylation is 1. The third kappa shape index (κ3) is 1.82. The third-order valence-corrected chi connectivity index (χ3v) is 3.08. The predicted octanol–water partition coefficient (Wildman–Crippen LogP) is 2.03. The van der Waals surface area contributed by atoms with Gasteiger partial charge in [-0.2, -0.15) is 0 Å². The lowest BCUT2D eigenvalue weighted by atomic mass is 10.2. The maximum Gasteiger partial charge on any atom is 0.433 e. The second kappa shape index (κ2) is 4.03. The number of rotatable bonds is 3. The van der Waals surface area contributed by atoms with Crippen molar-refractivity contribution >= 4 is 17.2 Å². The number of thiazole rings is 1. The van der Waals surface area contributed by atoms with Crippen LogP contribution in [0.25, 0.3) is 0 Å². The largest absolute Gasteiger partial charge is 0.433 e. The van der Waals surface area contributed by atoms with Crippen molar-refractivity contribution in [1.29, 1.82) is 0 Å². The lowest BCUT2D eigenvalue weighted by molar-refractivity contribution is -0.402. The van der Waals surface area contributed by atoms with E-state index in [-0.39, 0.29) is 11.6 Å². The molecule has 7 heteroatoms. The molecule has 0 aromatic carbocycles. The van der Waals surface area contributed by atoms with Gasteiger partial charge in [-0.25, -0.2) is 4.98 Å². The maximum absolute atomic E-state index is 10.4. The highest BCUT2D eigenvalue weighted by Gasteiger charge is 2.21. The Morgan fingerprint density at radius 3 is 2.88 bits per heavy atom. The molecule has 84 valence electrons. The van der Waals surface area contributed by atoms with Crippen molar-refractivity contribution < 1.29 is 14.4 Å². The van der Waals surface area contributed by atoms with Crippen molar-refractivity contribution in [3.8, 4) is 0 Å². The quantitative estimate of drug-likeness (QED) is 0.654. The van der Waals surface area contributed by atoms with Crippen molar-refractivity contribution in [3.05, 3.63) is 44.1 Å². The molecule has 16 heavy (non-hydrogen) atoms. The number of aliphatic hydroxyl groups excluding tert-OH is 1. The van der Waals surface area contributed by atoms with Crippen LogP contribution >= 0.6 is 11.3 Å². The van der Waals surface area contributed by atoms with E-state index in [1.54, 1.807) is 12.4 Å². The summed E-state index contributed by atoms with van der Waals surface area (Å²) in [4.78, 5) is 14.4. The van der Waals surface area contributed by atoms with Crippen LogP contribution in [-0.4, -0.2) is 15.0 Å². The van der Waals surface area contributed by atoms with Crippen LogP contribution in [0.4, 0.5) is 5.88 Å². The molecule has 0 aliphatic carbocycles. The zero-order chi connectivity index (χ0) is 11.7. The van der Waals surface area contributed by atoms with E-state index in [0.29, 0.717) is 10.6 Å². The van der Waals surface area contributed by atoms with Crippen molar-refractivity contribution in [3.63, 3.8) is 0 Å². The van der Waals surface area contributed by atoms with Crippen LogP contribution in [0.15, 0.2) is 22.1 Å². The Morgan fingerprint density at radius 1 is 1.62 bits per heavy atom. The molecule has 0 spiro atoms. The molecule has 1 unspecified atom stereocenters. The Labute approximate surface area is 94.3 Å². The van der Waals surface area contributed by atoms with Crippen molar-refractivity contribution in [1.82, 2.24) is 4.98 Å². The zero-order valence-corrected chi connectivity index (χ0v) is 9.10. The van der Waals surface area contributed by atoms with Gasteiger partial charge >= 0.3 is 5.88 Å². The van der Waals surface area contributed by atoms with Gasteiger partial charge in [-0.15, -0.1) is 11.3 Å². The van der Waals surface area contributed by atoms with Gasteiger partial charge in [0.2, 0.25) is 0 Å². The van der Waals surface area contributed by atoms with E-state index in [4.69, 9.17) is 4.42 Å². The molecule has 0 saturated heterocycles. The first-order valence-corrected chi connectivity index (χ1v) is 5.29. The van der Waals surface area contributed by atoms with Crippen LogP contribution in [0.5, 0.6) is 0 Å². The van der Waals surface area contributed by atoms with Gasteiger partial charge in [-0.1, -0.05) is 0 Å². The summed E-state index contributed by atoms with van der Waals surface area (Å²) in [6, 6.07) is 2.61. The van der Waals surface area contributed by atoms with E-state index >= 15 is 0 Å². The monoisotopic (exact) mass is 240 g/mol. The first-order valence-electron chi connectivity index (χ1n) is 4.41. The summed E-state index contributed by atoms with van der Waals surface area (Å²) in [7, 11) is 0.